The Morgan fingerprint density at radius 2 is 1.89 bits per heavy atom. The van der Waals surface area contributed by atoms with Crippen molar-refractivity contribution in [2.24, 2.45) is 11.8 Å². The van der Waals surface area contributed by atoms with Crippen molar-refractivity contribution in [2.75, 3.05) is 19.6 Å². The third-order valence-electron chi connectivity index (χ3n) is 6.22. The van der Waals surface area contributed by atoms with Gasteiger partial charge in [-0.05, 0) is 44.6 Å². The second-order valence-corrected chi connectivity index (χ2v) is 7.37. The molecule has 0 saturated carbocycles. The predicted molar refractivity (Wildman–Crippen MR) is 75.0 cm³/mol. The summed E-state index contributed by atoms with van der Waals surface area (Å²) in [6.07, 6.45) is 7.26. The first-order valence-electron chi connectivity index (χ1n) is 8.24. The van der Waals surface area contributed by atoms with Crippen LogP contribution in [0, 0.1) is 11.8 Å². The molecule has 3 nitrogen and oxygen atoms in total. The number of Topliss-reactive ketones (excluding diaryl/α,β-unsaturated/α-hetero) is 1. The van der Waals surface area contributed by atoms with Crippen LogP contribution in [0.3, 0.4) is 0 Å². The van der Waals surface area contributed by atoms with Crippen LogP contribution in [-0.4, -0.2) is 53.3 Å². The summed E-state index contributed by atoms with van der Waals surface area (Å²) >= 11 is 0. The molecular weight excluding hydrogens is 236 g/mol. The molecule has 106 valence electrons. The third-order valence-corrected chi connectivity index (χ3v) is 6.22. The second kappa shape index (κ2) is 4.56. The summed E-state index contributed by atoms with van der Waals surface area (Å²) in [5.41, 5.74) is 0. The number of carbonyl (C=O) groups excluding carboxylic acids is 1. The first-order valence-corrected chi connectivity index (χ1v) is 8.24. The summed E-state index contributed by atoms with van der Waals surface area (Å²) < 4.78 is 0. The highest BCUT2D eigenvalue weighted by Gasteiger charge is 2.48. The van der Waals surface area contributed by atoms with Crippen LogP contribution in [0.1, 0.15) is 45.4 Å². The van der Waals surface area contributed by atoms with Gasteiger partial charge in [0.1, 0.15) is 5.78 Å². The monoisotopic (exact) mass is 262 g/mol. The van der Waals surface area contributed by atoms with Gasteiger partial charge in [-0.1, -0.05) is 6.42 Å². The Morgan fingerprint density at radius 1 is 1.05 bits per heavy atom. The van der Waals surface area contributed by atoms with Crippen molar-refractivity contribution in [3.8, 4) is 0 Å². The number of ketones is 1. The molecule has 4 aliphatic heterocycles. The fourth-order valence-electron chi connectivity index (χ4n) is 5.41. The van der Waals surface area contributed by atoms with Crippen molar-refractivity contribution in [1.29, 1.82) is 0 Å². The van der Waals surface area contributed by atoms with E-state index in [-0.39, 0.29) is 0 Å². The molecular formula is C16H26N2O. The van der Waals surface area contributed by atoms with Crippen LogP contribution in [0.2, 0.25) is 0 Å². The van der Waals surface area contributed by atoms with Gasteiger partial charge in [-0.2, -0.15) is 0 Å². The zero-order valence-corrected chi connectivity index (χ0v) is 12.1. The van der Waals surface area contributed by atoms with E-state index in [0.717, 1.165) is 30.7 Å². The van der Waals surface area contributed by atoms with Gasteiger partial charge < -0.3 is 0 Å². The molecule has 0 radical (unpaired) electrons. The van der Waals surface area contributed by atoms with Gasteiger partial charge in [0, 0.05) is 44.1 Å². The average Bonchev–Trinajstić information content (AvgIpc) is 2.40. The van der Waals surface area contributed by atoms with Gasteiger partial charge in [0.2, 0.25) is 0 Å². The highest BCUT2D eigenvalue weighted by Crippen LogP contribution is 2.43. The minimum atomic E-state index is 0.492. The molecule has 0 unspecified atom stereocenters. The van der Waals surface area contributed by atoms with Gasteiger partial charge in [0.25, 0.3) is 0 Å². The summed E-state index contributed by atoms with van der Waals surface area (Å²) in [5, 5.41) is 0. The largest absolute Gasteiger partial charge is 0.300 e. The van der Waals surface area contributed by atoms with Gasteiger partial charge in [-0.15, -0.1) is 0 Å². The van der Waals surface area contributed by atoms with E-state index in [1.54, 1.807) is 0 Å². The molecule has 0 aromatic carbocycles. The lowest BCUT2D eigenvalue weighted by atomic mass is 9.70. The summed E-state index contributed by atoms with van der Waals surface area (Å²) in [5.74, 6) is 2.15. The molecule has 4 heterocycles. The number of hydrogen-bond donors (Lipinski definition) is 0. The van der Waals surface area contributed by atoms with Crippen molar-refractivity contribution in [3.63, 3.8) is 0 Å². The number of piperidine rings is 4. The quantitative estimate of drug-likeness (QED) is 0.666. The van der Waals surface area contributed by atoms with E-state index in [0.29, 0.717) is 17.9 Å². The smallest absolute Gasteiger partial charge is 0.136 e. The normalized spacial score (nSPS) is 47.6. The molecule has 0 aromatic heterocycles. The molecule has 19 heavy (non-hydrogen) atoms. The second-order valence-electron chi connectivity index (χ2n) is 7.37. The Bertz CT molecular complexity index is 383. The van der Waals surface area contributed by atoms with Crippen LogP contribution < -0.4 is 0 Å². The molecule has 3 heteroatoms. The molecule has 0 amide bonds. The number of rotatable bonds is 0. The van der Waals surface area contributed by atoms with Gasteiger partial charge in [0.05, 0.1) is 0 Å². The number of fused-ring (bicyclic) bond motifs is 6. The summed E-state index contributed by atoms with van der Waals surface area (Å²) in [6, 6.07) is 1.91. The SMILES string of the molecule is C[C@H]1CC(=O)C[C@@H]2[C@@H]3C[C@H](CN21)[C@@H]1CCCCN1C3. The maximum atomic E-state index is 11.9. The number of hydrogen-bond acceptors (Lipinski definition) is 3. The van der Waals surface area contributed by atoms with Crippen LogP contribution in [-0.2, 0) is 4.79 Å². The Kier molecular flexibility index (Phi) is 2.96. The lowest BCUT2D eigenvalue weighted by molar-refractivity contribution is -0.134. The predicted octanol–water partition coefficient (Wildman–Crippen LogP) is 1.91. The zero-order valence-electron chi connectivity index (χ0n) is 12.1. The van der Waals surface area contributed by atoms with E-state index in [2.05, 4.69) is 16.7 Å². The first-order chi connectivity index (χ1) is 9.22. The molecule has 4 fully saturated rings. The zero-order chi connectivity index (χ0) is 13.0. The highest BCUT2D eigenvalue weighted by molar-refractivity contribution is 5.80. The molecule has 0 aromatic rings. The summed E-state index contributed by atoms with van der Waals surface area (Å²) in [7, 11) is 0. The van der Waals surface area contributed by atoms with E-state index >= 15 is 0 Å². The van der Waals surface area contributed by atoms with Gasteiger partial charge in [-0.3, -0.25) is 14.6 Å². The number of carbonyl (C=O) groups is 1. The van der Waals surface area contributed by atoms with E-state index in [1.165, 1.54) is 45.3 Å². The number of nitrogens with zero attached hydrogens (tertiary/aromatic N) is 2. The Balaban J connectivity index is 1.59. The van der Waals surface area contributed by atoms with Gasteiger partial charge in [0.15, 0.2) is 0 Å². The molecule has 2 bridgehead atoms. The van der Waals surface area contributed by atoms with Crippen molar-refractivity contribution < 1.29 is 4.79 Å². The van der Waals surface area contributed by atoms with E-state index < -0.39 is 0 Å². The molecule has 4 saturated heterocycles. The van der Waals surface area contributed by atoms with Gasteiger partial charge in [-0.25, -0.2) is 0 Å². The fraction of sp³-hybridized carbons (Fsp3) is 0.938. The first kappa shape index (κ1) is 12.3. The molecule has 4 aliphatic rings. The lowest BCUT2D eigenvalue weighted by Crippen LogP contribution is -2.65. The standard InChI is InChI=1S/C16H26N2O/c1-11-6-14(19)8-16-12-7-13(10-18(11)16)15-4-2-3-5-17(15)9-12/h11-13,15-16H,2-10H2,1H3/t11-,12+,13+,15-,16+/m0/s1. The summed E-state index contributed by atoms with van der Waals surface area (Å²) in [4.78, 5) is 17.4. The van der Waals surface area contributed by atoms with Gasteiger partial charge >= 0.3 is 0 Å². The van der Waals surface area contributed by atoms with Crippen molar-refractivity contribution in [2.45, 2.75) is 63.6 Å². The highest BCUT2D eigenvalue weighted by atomic mass is 16.1. The Morgan fingerprint density at radius 3 is 2.79 bits per heavy atom. The Labute approximate surface area is 116 Å². The maximum absolute atomic E-state index is 11.9. The average molecular weight is 262 g/mol. The van der Waals surface area contributed by atoms with E-state index in [4.69, 9.17) is 0 Å². The van der Waals surface area contributed by atoms with Crippen molar-refractivity contribution in [3.05, 3.63) is 0 Å². The lowest BCUT2D eigenvalue weighted by Gasteiger charge is -2.58. The maximum Gasteiger partial charge on any atom is 0.136 e. The topological polar surface area (TPSA) is 23.6 Å². The van der Waals surface area contributed by atoms with Crippen LogP contribution in [0.4, 0.5) is 0 Å². The van der Waals surface area contributed by atoms with Crippen molar-refractivity contribution in [1.82, 2.24) is 9.80 Å². The molecule has 5 atom stereocenters. The molecule has 0 aliphatic carbocycles. The fourth-order valence-corrected chi connectivity index (χ4v) is 5.41. The van der Waals surface area contributed by atoms with E-state index in [9.17, 15) is 4.79 Å². The molecule has 0 N–H and O–H groups in total. The van der Waals surface area contributed by atoms with Crippen LogP contribution in [0.15, 0.2) is 0 Å². The molecule has 0 spiro atoms. The van der Waals surface area contributed by atoms with Crippen LogP contribution in [0.5, 0.6) is 0 Å². The summed E-state index contributed by atoms with van der Waals surface area (Å²) in [6.45, 7) is 6.11. The van der Waals surface area contributed by atoms with Crippen LogP contribution in [0.25, 0.3) is 0 Å². The van der Waals surface area contributed by atoms with Crippen molar-refractivity contribution >= 4 is 5.78 Å². The van der Waals surface area contributed by atoms with E-state index in [1.807, 2.05) is 0 Å². The molecule has 4 rings (SSSR count). The third kappa shape index (κ3) is 1.97. The minimum absolute atomic E-state index is 0.492. The van der Waals surface area contributed by atoms with Crippen LogP contribution >= 0.6 is 0 Å². The Hall–Kier alpha value is -0.410. The minimum Gasteiger partial charge on any atom is -0.300 e.